The second kappa shape index (κ2) is 3.92. The summed E-state index contributed by atoms with van der Waals surface area (Å²) in [6.07, 6.45) is 1.45. The highest BCUT2D eigenvalue weighted by atomic mass is 16.5. The van der Waals surface area contributed by atoms with Crippen LogP contribution in [-0.2, 0) is 14.3 Å². The maximum atomic E-state index is 11.9. The number of ether oxygens (including phenoxy) is 1. The van der Waals surface area contributed by atoms with Crippen LogP contribution in [0.2, 0.25) is 0 Å². The van der Waals surface area contributed by atoms with Gasteiger partial charge >= 0.3 is 5.97 Å². The Morgan fingerprint density at radius 1 is 1.33 bits per heavy atom. The Bertz CT molecular complexity index is 428. The molecular weight excluding hydrogens is 232 g/mol. The number of esters is 1. The average molecular weight is 250 g/mol. The number of aliphatic hydroxyl groups excluding tert-OH is 1. The van der Waals surface area contributed by atoms with Crippen LogP contribution in [0.1, 0.15) is 26.2 Å². The Morgan fingerprint density at radius 3 is 2.72 bits per heavy atom. The summed E-state index contributed by atoms with van der Waals surface area (Å²) < 4.78 is 5.43. The lowest BCUT2D eigenvalue weighted by Gasteiger charge is -2.29. The van der Waals surface area contributed by atoms with Crippen LogP contribution in [-0.4, -0.2) is 29.1 Å². The van der Waals surface area contributed by atoms with Crippen LogP contribution in [0.4, 0.5) is 0 Å². The number of ketones is 1. The van der Waals surface area contributed by atoms with E-state index < -0.39 is 6.10 Å². The number of Topliss-reactive ketones (excluding diaryl/α,β-unsaturated/α-hetero) is 1. The van der Waals surface area contributed by atoms with Crippen molar-refractivity contribution in [1.29, 1.82) is 0 Å². The van der Waals surface area contributed by atoms with Gasteiger partial charge in [0.2, 0.25) is 0 Å². The summed E-state index contributed by atoms with van der Waals surface area (Å²) in [5, 5.41) is 9.65. The fourth-order valence-corrected chi connectivity index (χ4v) is 4.14. The summed E-state index contributed by atoms with van der Waals surface area (Å²) in [4.78, 5) is 23.5. The van der Waals surface area contributed by atoms with E-state index in [0.29, 0.717) is 23.8 Å². The zero-order chi connectivity index (χ0) is 13.0. The van der Waals surface area contributed by atoms with Gasteiger partial charge in [0.05, 0.1) is 0 Å². The first-order valence-corrected chi connectivity index (χ1v) is 6.57. The van der Waals surface area contributed by atoms with E-state index in [4.69, 9.17) is 4.74 Å². The molecule has 6 unspecified atom stereocenters. The second-order valence-electron chi connectivity index (χ2n) is 5.96. The summed E-state index contributed by atoms with van der Waals surface area (Å²) >= 11 is 0. The van der Waals surface area contributed by atoms with Gasteiger partial charge in [-0.1, -0.05) is 6.58 Å². The number of hydrogen-bond acceptors (Lipinski definition) is 4. The van der Waals surface area contributed by atoms with Crippen molar-refractivity contribution in [3.63, 3.8) is 0 Å². The molecule has 0 aromatic heterocycles. The molecule has 3 saturated carbocycles. The highest BCUT2D eigenvalue weighted by Gasteiger charge is 2.60. The first-order valence-electron chi connectivity index (χ1n) is 6.57. The summed E-state index contributed by atoms with van der Waals surface area (Å²) in [5.74, 6) is 0.384. The van der Waals surface area contributed by atoms with E-state index in [1.54, 1.807) is 6.92 Å². The van der Waals surface area contributed by atoms with Crippen LogP contribution in [0.25, 0.3) is 0 Å². The predicted molar refractivity (Wildman–Crippen MR) is 63.5 cm³/mol. The number of rotatable bonds is 2. The van der Waals surface area contributed by atoms with Crippen LogP contribution >= 0.6 is 0 Å². The van der Waals surface area contributed by atoms with Gasteiger partial charge in [-0.15, -0.1) is 0 Å². The van der Waals surface area contributed by atoms with Crippen LogP contribution in [0, 0.1) is 23.7 Å². The Hall–Kier alpha value is -1.16. The molecular formula is C14H18O4. The van der Waals surface area contributed by atoms with E-state index in [-0.39, 0.29) is 29.7 Å². The first-order chi connectivity index (χ1) is 8.49. The average Bonchev–Trinajstić information content (AvgIpc) is 2.92. The Kier molecular flexibility index (Phi) is 2.59. The number of fused-ring (bicyclic) bond motifs is 5. The molecule has 2 bridgehead atoms. The van der Waals surface area contributed by atoms with Gasteiger partial charge in [-0.05, 0) is 38.0 Å². The molecule has 4 nitrogen and oxygen atoms in total. The molecule has 98 valence electrons. The van der Waals surface area contributed by atoms with Gasteiger partial charge in [0.15, 0.2) is 5.78 Å². The van der Waals surface area contributed by atoms with E-state index in [0.717, 1.165) is 12.8 Å². The van der Waals surface area contributed by atoms with E-state index in [2.05, 4.69) is 6.58 Å². The maximum absolute atomic E-state index is 11.9. The van der Waals surface area contributed by atoms with Crippen LogP contribution in [0.3, 0.4) is 0 Å². The van der Waals surface area contributed by atoms with E-state index in [9.17, 15) is 14.7 Å². The van der Waals surface area contributed by atoms with E-state index in [1.807, 2.05) is 0 Å². The molecule has 0 aromatic rings. The number of carbonyl (C=O) groups excluding carboxylic acids is 2. The Morgan fingerprint density at radius 2 is 2.06 bits per heavy atom. The van der Waals surface area contributed by atoms with Crippen molar-refractivity contribution in [3.05, 3.63) is 12.2 Å². The molecule has 3 fully saturated rings. The SMILES string of the molecule is C=C(C)C(=O)OC1CC2CC1C1C(=O)C(O)CC21. The molecule has 0 saturated heterocycles. The smallest absolute Gasteiger partial charge is 0.333 e. The summed E-state index contributed by atoms with van der Waals surface area (Å²) in [6.45, 7) is 5.20. The molecule has 0 spiro atoms. The molecule has 4 heteroatoms. The highest BCUT2D eigenvalue weighted by molar-refractivity contribution is 5.89. The van der Waals surface area contributed by atoms with Gasteiger partial charge in [-0.2, -0.15) is 0 Å². The van der Waals surface area contributed by atoms with Crippen LogP contribution < -0.4 is 0 Å². The Balaban J connectivity index is 1.74. The Labute approximate surface area is 106 Å². The standard InChI is InChI=1S/C14H18O4/c1-6(2)14(17)18-11-4-7-3-9(11)12-8(7)5-10(15)13(12)16/h7-12,15H,1,3-5H2,2H3. The van der Waals surface area contributed by atoms with Gasteiger partial charge < -0.3 is 9.84 Å². The molecule has 0 radical (unpaired) electrons. The molecule has 0 aliphatic heterocycles. The quantitative estimate of drug-likeness (QED) is 0.588. The van der Waals surface area contributed by atoms with Gasteiger partial charge in [-0.3, -0.25) is 4.79 Å². The van der Waals surface area contributed by atoms with Crippen molar-refractivity contribution in [2.45, 2.75) is 38.4 Å². The fourth-order valence-electron chi connectivity index (χ4n) is 4.14. The minimum absolute atomic E-state index is 0.0384. The van der Waals surface area contributed by atoms with Crippen molar-refractivity contribution >= 4 is 11.8 Å². The van der Waals surface area contributed by atoms with Crippen molar-refractivity contribution < 1.29 is 19.4 Å². The van der Waals surface area contributed by atoms with Gasteiger partial charge in [0, 0.05) is 17.4 Å². The largest absolute Gasteiger partial charge is 0.459 e. The molecule has 0 aromatic carbocycles. The maximum Gasteiger partial charge on any atom is 0.333 e. The third-order valence-electron chi connectivity index (χ3n) is 4.87. The first kappa shape index (κ1) is 11.9. The fraction of sp³-hybridized carbons (Fsp3) is 0.714. The summed E-state index contributed by atoms with van der Waals surface area (Å²) in [7, 11) is 0. The van der Waals surface area contributed by atoms with Gasteiger partial charge in [0.1, 0.15) is 12.2 Å². The van der Waals surface area contributed by atoms with Crippen molar-refractivity contribution in [2.24, 2.45) is 23.7 Å². The van der Waals surface area contributed by atoms with E-state index in [1.165, 1.54) is 0 Å². The van der Waals surface area contributed by atoms with Crippen molar-refractivity contribution in [1.82, 2.24) is 0 Å². The third-order valence-corrected chi connectivity index (χ3v) is 4.87. The molecule has 3 aliphatic carbocycles. The van der Waals surface area contributed by atoms with E-state index >= 15 is 0 Å². The number of hydrogen-bond donors (Lipinski definition) is 1. The molecule has 3 rings (SSSR count). The lowest BCUT2D eigenvalue weighted by Crippen LogP contribution is -2.35. The molecule has 1 N–H and O–H groups in total. The van der Waals surface area contributed by atoms with Gasteiger partial charge in [0.25, 0.3) is 0 Å². The predicted octanol–water partition coefficient (Wildman–Crippen LogP) is 1.08. The molecule has 0 heterocycles. The molecule has 0 amide bonds. The number of aliphatic hydroxyl groups is 1. The lowest BCUT2D eigenvalue weighted by molar-refractivity contribution is -0.150. The summed E-state index contributed by atoms with van der Waals surface area (Å²) in [6, 6.07) is 0. The highest BCUT2D eigenvalue weighted by Crippen LogP contribution is 2.58. The zero-order valence-electron chi connectivity index (χ0n) is 10.5. The minimum Gasteiger partial charge on any atom is -0.459 e. The third kappa shape index (κ3) is 1.55. The number of carbonyl (C=O) groups is 2. The van der Waals surface area contributed by atoms with Crippen molar-refractivity contribution in [3.8, 4) is 0 Å². The monoisotopic (exact) mass is 250 g/mol. The molecule has 6 atom stereocenters. The second-order valence-corrected chi connectivity index (χ2v) is 5.96. The van der Waals surface area contributed by atoms with Crippen LogP contribution in [0.15, 0.2) is 12.2 Å². The zero-order valence-corrected chi connectivity index (χ0v) is 10.5. The minimum atomic E-state index is -0.791. The normalized spacial score (nSPS) is 45.1. The molecule has 18 heavy (non-hydrogen) atoms. The van der Waals surface area contributed by atoms with Gasteiger partial charge in [-0.25, -0.2) is 4.79 Å². The van der Waals surface area contributed by atoms with Crippen molar-refractivity contribution in [2.75, 3.05) is 0 Å². The molecule has 3 aliphatic rings. The topological polar surface area (TPSA) is 63.6 Å². The summed E-state index contributed by atoms with van der Waals surface area (Å²) in [5.41, 5.74) is 0.395. The van der Waals surface area contributed by atoms with Crippen LogP contribution in [0.5, 0.6) is 0 Å². The lowest BCUT2D eigenvalue weighted by atomic mass is 9.80.